The van der Waals surface area contributed by atoms with Gasteiger partial charge in [-0.1, -0.05) is 0 Å². The number of H-pyrrole nitrogens is 1. The van der Waals surface area contributed by atoms with E-state index in [0.717, 1.165) is 17.2 Å². The Morgan fingerprint density at radius 3 is 3.10 bits per heavy atom. The summed E-state index contributed by atoms with van der Waals surface area (Å²) in [5, 5.41) is 17.9. The number of amides is 1. The van der Waals surface area contributed by atoms with Crippen LogP contribution < -0.4 is 5.32 Å². The zero-order chi connectivity index (χ0) is 13.9. The minimum atomic E-state index is 0.00979. The maximum atomic E-state index is 11.8. The summed E-state index contributed by atoms with van der Waals surface area (Å²) in [4.78, 5) is 11.8. The number of carbonyl (C=O) groups is 1. The highest BCUT2D eigenvalue weighted by Crippen LogP contribution is 2.38. The fourth-order valence-corrected chi connectivity index (χ4v) is 2.10. The molecule has 2 aromatic heterocycles. The average molecular weight is 274 g/mol. The van der Waals surface area contributed by atoms with Crippen LogP contribution in [0.4, 0.5) is 0 Å². The van der Waals surface area contributed by atoms with Gasteiger partial charge in [0.1, 0.15) is 12.2 Å². The molecule has 0 aromatic carbocycles. The lowest BCUT2D eigenvalue weighted by molar-refractivity contribution is -0.121. The van der Waals surface area contributed by atoms with Crippen molar-refractivity contribution < 1.29 is 4.79 Å². The molecule has 0 radical (unpaired) electrons. The zero-order valence-corrected chi connectivity index (χ0v) is 11.5. The van der Waals surface area contributed by atoms with Crippen LogP contribution in [0.5, 0.6) is 0 Å². The molecule has 2 heterocycles. The van der Waals surface area contributed by atoms with Gasteiger partial charge in [-0.05, 0) is 18.9 Å². The number of nitrogens with zero attached hydrogens (tertiary/aromatic N) is 4. The molecule has 7 heteroatoms. The molecular weight excluding hydrogens is 256 g/mol. The predicted molar refractivity (Wildman–Crippen MR) is 71.7 cm³/mol. The predicted octanol–water partition coefficient (Wildman–Crippen LogP) is 0.665. The minimum absolute atomic E-state index is 0.00979. The van der Waals surface area contributed by atoms with Crippen LogP contribution >= 0.6 is 0 Å². The van der Waals surface area contributed by atoms with Crippen LogP contribution in [0, 0.1) is 0 Å². The second-order valence-corrected chi connectivity index (χ2v) is 5.23. The molecule has 20 heavy (non-hydrogen) atoms. The summed E-state index contributed by atoms with van der Waals surface area (Å²) in [6.45, 7) is 0.497. The molecule has 0 spiro atoms. The van der Waals surface area contributed by atoms with Crippen molar-refractivity contribution in [2.24, 2.45) is 7.05 Å². The van der Waals surface area contributed by atoms with Gasteiger partial charge in [-0.2, -0.15) is 5.10 Å². The largest absolute Gasteiger partial charge is 0.350 e. The molecule has 2 N–H and O–H groups in total. The molecule has 1 aliphatic rings. The van der Waals surface area contributed by atoms with Gasteiger partial charge in [0.15, 0.2) is 0 Å². The van der Waals surface area contributed by atoms with Crippen molar-refractivity contribution >= 4 is 5.91 Å². The molecule has 1 saturated carbocycles. The average Bonchev–Trinajstić information content (AvgIpc) is 3.04. The summed E-state index contributed by atoms with van der Waals surface area (Å²) in [6, 6.07) is 2.04. The third kappa shape index (κ3) is 3.04. The third-order valence-corrected chi connectivity index (χ3v) is 3.50. The lowest BCUT2D eigenvalue weighted by Crippen LogP contribution is -2.23. The van der Waals surface area contributed by atoms with Gasteiger partial charge in [0, 0.05) is 25.8 Å². The Balaban J connectivity index is 1.43. The van der Waals surface area contributed by atoms with Crippen LogP contribution in [0.3, 0.4) is 0 Å². The van der Waals surface area contributed by atoms with Gasteiger partial charge in [0.05, 0.1) is 17.9 Å². The number of rotatable bonds is 6. The number of aromatic nitrogens is 5. The molecule has 1 amide bonds. The van der Waals surface area contributed by atoms with Crippen molar-refractivity contribution in [1.29, 1.82) is 0 Å². The quantitative estimate of drug-likeness (QED) is 0.810. The van der Waals surface area contributed by atoms with Crippen LogP contribution in [0.1, 0.15) is 42.4 Å². The Kier molecular flexibility index (Phi) is 3.49. The third-order valence-electron chi connectivity index (χ3n) is 3.50. The van der Waals surface area contributed by atoms with E-state index >= 15 is 0 Å². The number of aromatic amines is 1. The molecule has 1 aliphatic carbocycles. The first kappa shape index (κ1) is 12.8. The van der Waals surface area contributed by atoms with Crippen LogP contribution in [0.15, 0.2) is 12.4 Å². The highest BCUT2D eigenvalue weighted by Gasteiger charge is 2.25. The van der Waals surface area contributed by atoms with Gasteiger partial charge < -0.3 is 9.88 Å². The molecule has 0 bridgehead atoms. The first-order valence-corrected chi connectivity index (χ1v) is 6.86. The molecule has 106 valence electrons. The summed E-state index contributed by atoms with van der Waals surface area (Å²) in [5.74, 6) is 1.46. The van der Waals surface area contributed by atoms with Crippen LogP contribution in [-0.2, 0) is 24.8 Å². The van der Waals surface area contributed by atoms with E-state index in [1.54, 1.807) is 6.33 Å². The Morgan fingerprint density at radius 2 is 2.40 bits per heavy atom. The van der Waals surface area contributed by atoms with Gasteiger partial charge in [0.2, 0.25) is 5.91 Å². The molecule has 2 aromatic rings. The smallest absolute Gasteiger partial charge is 0.220 e. The summed E-state index contributed by atoms with van der Waals surface area (Å²) >= 11 is 0. The van der Waals surface area contributed by atoms with Crippen LogP contribution in [-0.4, -0.2) is 30.9 Å². The molecule has 7 nitrogen and oxygen atoms in total. The summed E-state index contributed by atoms with van der Waals surface area (Å²) < 4.78 is 1.82. The van der Waals surface area contributed by atoms with Crippen LogP contribution in [0.2, 0.25) is 0 Å². The van der Waals surface area contributed by atoms with Gasteiger partial charge >= 0.3 is 0 Å². The van der Waals surface area contributed by atoms with E-state index in [1.165, 1.54) is 12.8 Å². The lowest BCUT2D eigenvalue weighted by atomic mass is 10.2. The van der Waals surface area contributed by atoms with Crippen molar-refractivity contribution in [2.45, 2.75) is 38.1 Å². The van der Waals surface area contributed by atoms with E-state index in [2.05, 4.69) is 25.7 Å². The summed E-state index contributed by atoms with van der Waals surface area (Å²) in [7, 11) is 1.87. The van der Waals surface area contributed by atoms with Crippen molar-refractivity contribution in [3.63, 3.8) is 0 Å². The van der Waals surface area contributed by atoms with E-state index in [9.17, 15) is 4.79 Å². The second kappa shape index (κ2) is 5.44. The van der Waals surface area contributed by atoms with Gasteiger partial charge in [-0.3, -0.25) is 9.89 Å². The lowest BCUT2D eigenvalue weighted by Gasteiger charge is -2.03. The highest BCUT2D eigenvalue weighted by atomic mass is 16.1. The number of aryl methyl sites for hydroxylation is 2. The molecule has 0 aliphatic heterocycles. The monoisotopic (exact) mass is 274 g/mol. The Hall–Kier alpha value is -2.18. The Morgan fingerprint density at radius 1 is 1.55 bits per heavy atom. The normalized spacial score (nSPS) is 14.4. The van der Waals surface area contributed by atoms with Gasteiger partial charge in [-0.15, -0.1) is 10.2 Å². The highest BCUT2D eigenvalue weighted by molar-refractivity contribution is 5.75. The Bertz CT molecular complexity index is 598. The number of hydrogen-bond acceptors (Lipinski definition) is 4. The number of carbonyl (C=O) groups excluding carboxylic acids is 1. The van der Waals surface area contributed by atoms with E-state index in [-0.39, 0.29) is 5.91 Å². The van der Waals surface area contributed by atoms with E-state index in [4.69, 9.17) is 0 Å². The molecule has 3 rings (SSSR count). The standard InChI is InChI=1S/C13H18N6O/c1-19-8-15-18-12(19)4-5-13(20)14-7-10-6-11(17-16-10)9-2-3-9/h6,8-9H,2-5,7H2,1H3,(H,14,20)(H,16,17). The number of nitrogens with one attached hydrogen (secondary N) is 2. The minimum Gasteiger partial charge on any atom is -0.350 e. The van der Waals surface area contributed by atoms with E-state index < -0.39 is 0 Å². The fraction of sp³-hybridized carbons (Fsp3) is 0.538. The first-order valence-electron chi connectivity index (χ1n) is 6.86. The molecule has 0 unspecified atom stereocenters. The van der Waals surface area contributed by atoms with E-state index in [0.29, 0.717) is 25.3 Å². The van der Waals surface area contributed by atoms with Crippen LogP contribution in [0.25, 0.3) is 0 Å². The second-order valence-electron chi connectivity index (χ2n) is 5.23. The van der Waals surface area contributed by atoms with E-state index in [1.807, 2.05) is 17.7 Å². The topological polar surface area (TPSA) is 88.5 Å². The maximum Gasteiger partial charge on any atom is 0.220 e. The zero-order valence-electron chi connectivity index (χ0n) is 11.5. The fourth-order valence-electron chi connectivity index (χ4n) is 2.10. The van der Waals surface area contributed by atoms with Crippen molar-refractivity contribution in [3.8, 4) is 0 Å². The summed E-state index contributed by atoms with van der Waals surface area (Å²) in [6.07, 6.45) is 5.11. The molecule has 1 fully saturated rings. The summed E-state index contributed by atoms with van der Waals surface area (Å²) in [5.41, 5.74) is 2.08. The van der Waals surface area contributed by atoms with Crippen molar-refractivity contribution in [1.82, 2.24) is 30.3 Å². The Labute approximate surface area is 116 Å². The van der Waals surface area contributed by atoms with Gasteiger partial charge in [0.25, 0.3) is 0 Å². The first-order chi connectivity index (χ1) is 9.72. The molecular formula is C13H18N6O. The molecule has 0 atom stereocenters. The SMILES string of the molecule is Cn1cnnc1CCC(=O)NCc1cc(C2CC2)n[nH]1. The van der Waals surface area contributed by atoms with Crippen molar-refractivity contribution in [3.05, 3.63) is 29.6 Å². The van der Waals surface area contributed by atoms with Crippen molar-refractivity contribution in [2.75, 3.05) is 0 Å². The molecule has 0 saturated heterocycles. The maximum absolute atomic E-state index is 11.8. The number of hydrogen-bond donors (Lipinski definition) is 2. The van der Waals surface area contributed by atoms with Gasteiger partial charge in [-0.25, -0.2) is 0 Å².